The fourth-order valence-corrected chi connectivity index (χ4v) is 5.12. The molecule has 0 radical (unpaired) electrons. The Hall–Kier alpha value is -2.13. The van der Waals surface area contributed by atoms with Crippen LogP contribution in [-0.4, -0.2) is 80.2 Å². The van der Waals surface area contributed by atoms with Gasteiger partial charge in [0, 0.05) is 45.2 Å². The number of piperazine rings is 1. The predicted molar refractivity (Wildman–Crippen MR) is 103 cm³/mol. The number of likely N-dealkylation sites (tertiary alicyclic amines) is 1. The van der Waals surface area contributed by atoms with E-state index in [1.54, 1.807) is 21.9 Å². The van der Waals surface area contributed by atoms with E-state index in [0.717, 1.165) is 0 Å². The van der Waals surface area contributed by atoms with Crippen LogP contribution in [0.3, 0.4) is 0 Å². The molecule has 1 aromatic carbocycles. The standard InChI is InChI=1S/C19H27N3O5S/c1-14(2)22-13-15(12-18(22)23)19(24)20-8-10-21(11-9-20)28(25,26)17-6-4-16(27-3)5-7-17/h4-7,14-15H,8-13H2,1-3H3/t15-/m0/s1. The molecule has 0 unspecified atom stereocenters. The molecule has 2 aliphatic heterocycles. The van der Waals surface area contributed by atoms with Crippen molar-refractivity contribution in [3.05, 3.63) is 24.3 Å². The lowest BCUT2D eigenvalue weighted by Crippen LogP contribution is -2.52. The fourth-order valence-electron chi connectivity index (χ4n) is 3.70. The number of rotatable bonds is 5. The van der Waals surface area contributed by atoms with Gasteiger partial charge in [-0.05, 0) is 38.1 Å². The number of ether oxygens (including phenoxy) is 1. The number of amides is 2. The van der Waals surface area contributed by atoms with E-state index in [1.807, 2.05) is 13.8 Å². The summed E-state index contributed by atoms with van der Waals surface area (Å²) in [6.45, 7) is 5.48. The molecule has 28 heavy (non-hydrogen) atoms. The largest absolute Gasteiger partial charge is 0.497 e. The Bertz CT molecular complexity index is 830. The Balaban J connectivity index is 1.61. The predicted octanol–water partition coefficient (Wildman–Crippen LogP) is 0.785. The first-order chi connectivity index (χ1) is 13.2. The molecule has 0 aliphatic carbocycles. The van der Waals surface area contributed by atoms with Gasteiger partial charge < -0.3 is 14.5 Å². The highest BCUT2D eigenvalue weighted by Gasteiger charge is 2.39. The summed E-state index contributed by atoms with van der Waals surface area (Å²) in [6.07, 6.45) is 0.237. The van der Waals surface area contributed by atoms with Crippen LogP contribution in [0, 0.1) is 5.92 Å². The van der Waals surface area contributed by atoms with Crippen LogP contribution < -0.4 is 4.74 Å². The Kier molecular flexibility index (Phi) is 5.95. The number of hydrogen-bond donors (Lipinski definition) is 0. The number of carbonyl (C=O) groups excluding carboxylic acids is 2. The lowest BCUT2D eigenvalue weighted by molar-refractivity contribution is -0.137. The van der Waals surface area contributed by atoms with Crippen molar-refractivity contribution in [1.29, 1.82) is 0 Å². The van der Waals surface area contributed by atoms with E-state index in [2.05, 4.69) is 0 Å². The molecule has 0 aromatic heterocycles. The van der Waals surface area contributed by atoms with Crippen LogP contribution in [0.4, 0.5) is 0 Å². The SMILES string of the molecule is COc1ccc(S(=O)(=O)N2CCN(C(=O)[C@H]3CC(=O)N(C(C)C)C3)CC2)cc1. The van der Waals surface area contributed by atoms with E-state index in [-0.39, 0.29) is 48.2 Å². The average Bonchev–Trinajstić information content (AvgIpc) is 3.09. The number of hydrogen-bond acceptors (Lipinski definition) is 5. The first-order valence-electron chi connectivity index (χ1n) is 9.46. The number of nitrogens with zero attached hydrogens (tertiary/aromatic N) is 3. The monoisotopic (exact) mass is 409 g/mol. The second kappa shape index (κ2) is 8.08. The lowest BCUT2D eigenvalue weighted by Gasteiger charge is -2.35. The maximum absolute atomic E-state index is 12.8. The van der Waals surface area contributed by atoms with Crippen LogP contribution >= 0.6 is 0 Å². The molecular formula is C19H27N3O5S. The molecule has 1 aromatic rings. The van der Waals surface area contributed by atoms with Crippen LogP contribution in [0.2, 0.25) is 0 Å². The molecular weight excluding hydrogens is 382 g/mol. The number of methoxy groups -OCH3 is 1. The van der Waals surface area contributed by atoms with Crippen molar-refractivity contribution >= 4 is 21.8 Å². The lowest BCUT2D eigenvalue weighted by atomic mass is 10.1. The van der Waals surface area contributed by atoms with Crippen LogP contribution in [0.1, 0.15) is 20.3 Å². The third-order valence-corrected chi connectivity index (χ3v) is 7.29. The van der Waals surface area contributed by atoms with Crippen molar-refractivity contribution in [2.75, 3.05) is 39.8 Å². The van der Waals surface area contributed by atoms with Gasteiger partial charge in [0.15, 0.2) is 0 Å². The maximum atomic E-state index is 12.8. The molecule has 2 fully saturated rings. The van der Waals surface area contributed by atoms with E-state index in [1.165, 1.54) is 23.5 Å². The quantitative estimate of drug-likeness (QED) is 0.717. The molecule has 0 saturated carbocycles. The third-order valence-electron chi connectivity index (χ3n) is 5.38. The molecule has 0 N–H and O–H groups in total. The fraction of sp³-hybridized carbons (Fsp3) is 0.579. The van der Waals surface area contributed by atoms with Crippen LogP contribution in [0.5, 0.6) is 5.75 Å². The normalized spacial score (nSPS) is 21.4. The van der Waals surface area contributed by atoms with Gasteiger partial charge in [0.2, 0.25) is 21.8 Å². The zero-order valence-corrected chi connectivity index (χ0v) is 17.3. The second-order valence-corrected chi connectivity index (χ2v) is 9.38. The van der Waals surface area contributed by atoms with E-state index in [4.69, 9.17) is 4.74 Å². The summed E-state index contributed by atoms with van der Waals surface area (Å²) in [5, 5.41) is 0. The summed E-state index contributed by atoms with van der Waals surface area (Å²) < 4.78 is 32.1. The first-order valence-corrected chi connectivity index (χ1v) is 10.9. The zero-order valence-electron chi connectivity index (χ0n) is 16.5. The van der Waals surface area contributed by atoms with E-state index < -0.39 is 10.0 Å². The van der Waals surface area contributed by atoms with E-state index in [0.29, 0.717) is 25.4 Å². The molecule has 2 aliphatic rings. The molecule has 3 rings (SSSR count). The summed E-state index contributed by atoms with van der Waals surface area (Å²) in [4.78, 5) is 28.5. The van der Waals surface area contributed by atoms with Gasteiger partial charge >= 0.3 is 0 Å². The second-order valence-electron chi connectivity index (χ2n) is 7.45. The molecule has 2 heterocycles. The van der Waals surface area contributed by atoms with Gasteiger partial charge in [0.1, 0.15) is 5.75 Å². The Morgan fingerprint density at radius 2 is 1.71 bits per heavy atom. The van der Waals surface area contributed by atoms with Crippen LogP contribution in [-0.2, 0) is 19.6 Å². The van der Waals surface area contributed by atoms with Gasteiger partial charge in [0.25, 0.3) is 0 Å². The molecule has 0 spiro atoms. The average molecular weight is 410 g/mol. The van der Waals surface area contributed by atoms with Crippen molar-refractivity contribution in [3.8, 4) is 5.75 Å². The van der Waals surface area contributed by atoms with Gasteiger partial charge in [-0.2, -0.15) is 4.31 Å². The molecule has 2 amide bonds. The topological polar surface area (TPSA) is 87.2 Å². The van der Waals surface area contributed by atoms with Crippen molar-refractivity contribution in [1.82, 2.24) is 14.1 Å². The van der Waals surface area contributed by atoms with Crippen LogP contribution in [0.15, 0.2) is 29.2 Å². The van der Waals surface area contributed by atoms with Crippen molar-refractivity contribution in [2.24, 2.45) is 5.92 Å². The number of sulfonamides is 1. The van der Waals surface area contributed by atoms with Crippen molar-refractivity contribution in [2.45, 2.75) is 31.2 Å². The zero-order chi connectivity index (χ0) is 20.5. The summed E-state index contributed by atoms with van der Waals surface area (Å²) in [7, 11) is -2.08. The minimum atomic E-state index is -3.61. The minimum absolute atomic E-state index is 0.00840. The number of benzene rings is 1. The molecule has 0 bridgehead atoms. The van der Waals surface area contributed by atoms with E-state index >= 15 is 0 Å². The highest BCUT2D eigenvalue weighted by atomic mass is 32.2. The van der Waals surface area contributed by atoms with Gasteiger partial charge in [0.05, 0.1) is 17.9 Å². The van der Waals surface area contributed by atoms with Crippen molar-refractivity contribution in [3.63, 3.8) is 0 Å². The third kappa shape index (κ3) is 4.00. The molecule has 1 atom stereocenters. The number of carbonyl (C=O) groups is 2. The highest BCUT2D eigenvalue weighted by molar-refractivity contribution is 7.89. The summed E-state index contributed by atoms with van der Waals surface area (Å²) >= 11 is 0. The highest BCUT2D eigenvalue weighted by Crippen LogP contribution is 2.24. The minimum Gasteiger partial charge on any atom is -0.497 e. The maximum Gasteiger partial charge on any atom is 0.243 e. The summed E-state index contributed by atoms with van der Waals surface area (Å²) in [5.74, 6) is 0.211. The van der Waals surface area contributed by atoms with Gasteiger partial charge in [-0.1, -0.05) is 0 Å². The molecule has 9 heteroatoms. The van der Waals surface area contributed by atoms with Crippen molar-refractivity contribution < 1.29 is 22.7 Å². The smallest absolute Gasteiger partial charge is 0.243 e. The molecule has 8 nitrogen and oxygen atoms in total. The van der Waals surface area contributed by atoms with Gasteiger partial charge in [-0.25, -0.2) is 8.42 Å². The Morgan fingerprint density at radius 1 is 1.11 bits per heavy atom. The van der Waals surface area contributed by atoms with Gasteiger partial charge in [-0.15, -0.1) is 0 Å². The molecule has 154 valence electrons. The molecule has 2 saturated heterocycles. The van der Waals surface area contributed by atoms with Gasteiger partial charge in [-0.3, -0.25) is 9.59 Å². The Morgan fingerprint density at radius 3 is 2.21 bits per heavy atom. The van der Waals surface area contributed by atoms with E-state index in [9.17, 15) is 18.0 Å². The van der Waals surface area contributed by atoms with Crippen LogP contribution in [0.25, 0.3) is 0 Å². The summed E-state index contributed by atoms with van der Waals surface area (Å²) in [6, 6.07) is 6.36. The summed E-state index contributed by atoms with van der Waals surface area (Å²) in [5.41, 5.74) is 0. The first kappa shape index (κ1) is 20.6. The Labute approximate surface area is 166 Å².